The van der Waals surface area contributed by atoms with Gasteiger partial charge in [-0.3, -0.25) is 0 Å². The molecule has 106 valence electrons. The minimum Gasteiger partial charge on any atom is -0.392 e. The fourth-order valence-electron chi connectivity index (χ4n) is 4.29. The molecule has 2 nitrogen and oxygen atoms in total. The topological polar surface area (TPSA) is 40.5 Å². The maximum atomic E-state index is 10.9. The molecular formula is C17H26O2. The van der Waals surface area contributed by atoms with E-state index in [1.165, 1.54) is 0 Å². The molecule has 0 saturated heterocycles. The van der Waals surface area contributed by atoms with Gasteiger partial charge in [0.1, 0.15) is 5.60 Å². The largest absolute Gasteiger partial charge is 0.392 e. The molecule has 2 heteroatoms. The Kier molecular flexibility index (Phi) is 3.36. The summed E-state index contributed by atoms with van der Waals surface area (Å²) in [5, 5.41) is 21.6. The average molecular weight is 262 g/mol. The molecular weight excluding hydrogens is 236 g/mol. The Bertz CT molecular complexity index is 419. The third-order valence-corrected chi connectivity index (χ3v) is 5.90. The Balaban J connectivity index is 2.40. The molecule has 0 spiro atoms. The van der Waals surface area contributed by atoms with Crippen molar-refractivity contribution in [1.29, 1.82) is 0 Å². The van der Waals surface area contributed by atoms with Crippen LogP contribution in [0.15, 0.2) is 12.7 Å². The summed E-state index contributed by atoms with van der Waals surface area (Å²) >= 11 is 0. The van der Waals surface area contributed by atoms with E-state index in [-0.39, 0.29) is 23.2 Å². The van der Waals surface area contributed by atoms with Crippen LogP contribution in [-0.4, -0.2) is 21.9 Å². The molecule has 2 rings (SSSR count). The number of fused-ring (bicyclic) bond motifs is 1. The number of terminal acetylenes is 1. The second-order valence-corrected chi connectivity index (χ2v) is 7.17. The average Bonchev–Trinajstić information content (AvgIpc) is 2.90. The molecule has 0 aromatic heterocycles. The quantitative estimate of drug-likeness (QED) is 0.606. The van der Waals surface area contributed by atoms with Gasteiger partial charge in [0.2, 0.25) is 0 Å². The molecule has 0 heterocycles. The zero-order valence-electron chi connectivity index (χ0n) is 12.4. The Morgan fingerprint density at radius 2 is 2.05 bits per heavy atom. The highest BCUT2D eigenvalue weighted by Crippen LogP contribution is 2.70. The zero-order chi connectivity index (χ0) is 14.6. The number of hydrogen-bond donors (Lipinski definition) is 2. The smallest absolute Gasteiger partial charge is 0.133 e. The van der Waals surface area contributed by atoms with E-state index in [4.69, 9.17) is 6.42 Å². The van der Waals surface area contributed by atoms with Crippen molar-refractivity contribution < 1.29 is 10.2 Å². The third kappa shape index (κ3) is 1.87. The van der Waals surface area contributed by atoms with E-state index in [9.17, 15) is 10.2 Å². The van der Waals surface area contributed by atoms with Crippen molar-refractivity contribution in [2.45, 2.75) is 45.8 Å². The van der Waals surface area contributed by atoms with Crippen molar-refractivity contribution in [3.05, 3.63) is 12.7 Å². The Morgan fingerprint density at radius 1 is 1.47 bits per heavy atom. The molecule has 19 heavy (non-hydrogen) atoms. The lowest BCUT2D eigenvalue weighted by molar-refractivity contribution is -0.104. The second kappa shape index (κ2) is 4.36. The summed E-state index contributed by atoms with van der Waals surface area (Å²) in [7, 11) is 0. The Hall–Kier alpha value is -0.780. The van der Waals surface area contributed by atoms with Gasteiger partial charge in [-0.15, -0.1) is 13.0 Å². The standard InChI is InChI=1S/C17H26O2/c1-7-10(3)15(18)14-13-12(16(13,5)6)9-11(4)17(14,19)8-2/h2,7,10-15,18-19H,1,9H2,3-6H3/t10-,11-,12-,13?,14-,15-,17-/m1/s1. The number of aliphatic hydroxyl groups is 2. The monoisotopic (exact) mass is 262 g/mol. The first-order valence-corrected chi connectivity index (χ1v) is 7.22. The van der Waals surface area contributed by atoms with E-state index in [1.807, 2.05) is 13.8 Å². The summed E-state index contributed by atoms with van der Waals surface area (Å²) in [4.78, 5) is 0. The van der Waals surface area contributed by atoms with Crippen LogP contribution >= 0.6 is 0 Å². The summed E-state index contributed by atoms with van der Waals surface area (Å²) in [5.41, 5.74) is -1.03. The van der Waals surface area contributed by atoms with Gasteiger partial charge in [-0.25, -0.2) is 0 Å². The Labute approximate surface area is 116 Å². The highest BCUT2D eigenvalue weighted by atomic mass is 16.3. The lowest BCUT2D eigenvalue weighted by Crippen LogP contribution is -2.53. The van der Waals surface area contributed by atoms with E-state index >= 15 is 0 Å². The zero-order valence-corrected chi connectivity index (χ0v) is 12.4. The van der Waals surface area contributed by atoms with Crippen molar-refractivity contribution in [2.75, 3.05) is 0 Å². The molecule has 1 unspecified atom stereocenters. The molecule has 0 aromatic rings. The van der Waals surface area contributed by atoms with Crippen molar-refractivity contribution in [3.63, 3.8) is 0 Å². The van der Waals surface area contributed by atoms with Gasteiger partial charge in [-0.2, -0.15) is 0 Å². The molecule has 2 N–H and O–H groups in total. The number of rotatable bonds is 3. The van der Waals surface area contributed by atoms with E-state index in [0.29, 0.717) is 11.8 Å². The fraction of sp³-hybridized carbons (Fsp3) is 0.765. The van der Waals surface area contributed by atoms with Gasteiger partial charge in [0.25, 0.3) is 0 Å². The van der Waals surface area contributed by atoms with Gasteiger partial charge in [0.15, 0.2) is 0 Å². The predicted molar refractivity (Wildman–Crippen MR) is 77.2 cm³/mol. The normalized spacial score (nSPS) is 46.6. The van der Waals surface area contributed by atoms with Gasteiger partial charge in [0, 0.05) is 11.8 Å². The Morgan fingerprint density at radius 3 is 2.53 bits per heavy atom. The molecule has 2 aliphatic carbocycles. The van der Waals surface area contributed by atoms with Crippen molar-refractivity contribution in [1.82, 2.24) is 0 Å². The first-order chi connectivity index (χ1) is 8.71. The second-order valence-electron chi connectivity index (χ2n) is 7.17. The molecule has 2 saturated carbocycles. The maximum absolute atomic E-state index is 10.9. The van der Waals surface area contributed by atoms with Crippen molar-refractivity contribution in [3.8, 4) is 12.3 Å². The first kappa shape index (κ1) is 14.6. The van der Waals surface area contributed by atoms with E-state index in [2.05, 4.69) is 26.3 Å². The first-order valence-electron chi connectivity index (χ1n) is 7.22. The molecule has 0 radical (unpaired) electrons. The summed E-state index contributed by atoms with van der Waals surface area (Å²) in [6.45, 7) is 12.1. The highest BCUT2D eigenvalue weighted by Gasteiger charge is 2.70. The van der Waals surface area contributed by atoms with Crippen molar-refractivity contribution >= 4 is 0 Å². The minimum absolute atomic E-state index is 0.0252. The van der Waals surface area contributed by atoms with Crippen molar-refractivity contribution in [2.24, 2.45) is 35.0 Å². The van der Waals surface area contributed by atoms with Crippen LogP contribution in [0.4, 0.5) is 0 Å². The minimum atomic E-state index is -1.20. The maximum Gasteiger partial charge on any atom is 0.133 e. The van der Waals surface area contributed by atoms with E-state index in [0.717, 1.165) is 6.42 Å². The van der Waals surface area contributed by atoms with Gasteiger partial charge in [-0.1, -0.05) is 39.7 Å². The summed E-state index contributed by atoms with van der Waals surface area (Å²) < 4.78 is 0. The van der Waals surface area contributed by atoms with Gasteiger partial charge in [0.05, 0.1) is 6.10 Å². The summed E-state index contributed by atoms with van der Waals surface area (Å²) in [5.74, 6) is 3.17. The van der Waals surface area contributed by atoms with Crippen LogP contribution in [0, 0.1) is 47.3 Å². The number of hydrogen-bond acceptors (Lipinski definition) is 2. The van der Waals surface area contributed by atoms with Crippen LogP contribution in [0.1, 0.15) is 34.1 Å². The van der Waals surface area contributed by atoms with Gasteiger partial charge < -0.3 is 10.2 Å². The fourth-order valence-corrected chi connectivity index (χ4v) is 4.29. The van der Waals surface area contributed by atoms with Crippen LogP contribution in [0.5, 0.6) is 0 Å². The number of aliphatic hydroxyl groups excluding tert-OH is 1. The van der Waals surface area contributed by atoms with E-state index < -0.39 is 11.7 Å². The van der Waals surface area contributed by atoms with Crippen LogP contribution in [0.3, 0.4) is 0 Å². The molecule has 7 atom stereocenters. The summed E-state index contributed by atoms with van der Waals surface area (Å²) in [6.07, 6.45) is 7.69. The molecule has 0 aromatic carbocycles. The van der Waals surface area contributed by atoms with Crippen LogP contribution in [0.25, 0.3) is 0 Å². The lowest BCUT2D eigenvalue weighted by atomic mass is 9.65. The van der Waals surface area contributed by atoms with Crippen LogP contribution < -0.4 is 0 Å². The third-order valence-electron chi connectivity index (χ3n) is 5.90. The summed E-state index contributed by atoms with van der Waals surface area (Å²) in [6, 6.07) is 0. The predicted octanol–water partition coefficient (Wildman–Crippen LogP) is 2.46. The molecule has 2 aliphatic rings. The SMILES string of the molecule is C#C[C@@]1(O)[C@H](C)C[C@@H]2C([C@@H]1[C@H](O)[C@H](C)C=C)C2(C)C. The molecule has 2 fully saturated rings. The van der Waals surface area contributed by atoms with Crippen LogP contribution in [-0.2, 0) is 0 Å². The van der Waals surface area contributed by atoms with Gasteiger partial charge >= 0.3 is 0 Å². The molecule has 0 bridgehead atoms. The lowest BCUT2D eigenvalue weighted by Gasteiger charge is -2.44. The van der Waals surface area contributed by atoms with Gasteiger partial charge in [-0.05, 0) is 29.6 Å². The van der Waals surface area contributed by atoms with E-state index in [1.54, 1.807) is 6.08 Å². The molecule has 0 amide bonds. The highest BCUT2D eigenvalue weighted by molar-refractivity contribution is 5.26. The molecule has 0 aliphatic heterocycles. The van der Waals surface area contributed by atoms with Crippen LogP contribution in [0.2, 0.25) is 0 Å².